The highest BCUT2D eigenvalue weighted by Gasteiger charge is 2.18. The number of rotatable bonds is 2. The third-order valence-corrected chi connectivity index (χ3v) is 4.35. The first-order chi connectivity index (χ1) is 10.7. The van der Waals surface area contributed by atoms with Gasteiger partial charge in [-0.2, -0.15) is 5.10 Å². The number of aryl methyl sites for hydroxylation is 1. The molecule has 2 N–H and O–H groups in total. The molecule has 22 heavy (non-hydrogen) atoms. The largest absolute Gasteiger partial charge is 0.322 e. The van der Waals surface area contributed by atoms with E-state index >= 15 is 0 Å². The van der Waals surface area contributed by atoms with Gasteiger partial charge in [-0.1, -0.05) is 12.1 Å². The van der Waals surface area contributed by atoms with Crippen molar-refractivity contribution in [3.8, 4) is 0 Å². The molecule has 5 nitrogen and oxygen atoms in total. The molecule has 0 fully saturated rings. The van der Waals surface area contributed by atoms with Gasteiger partial charge in [-0.3, -0.25) is 14.8 Å². The molecule has 0 saturated carbocycles. The van der Waals surface area contributed by atoms with Crippen LogP contribution in [0.3, 0.4) is 0 Å². The maximum atomic E-state index is 12.3. The van der Waals surface area contributed by atoms with E-state index in [1.807, 2.05) is 25.3 Å². The molecular formula is C17H18N4O. The van der Waals surface area contributed by atoms with Gasteiger partial charge < -0.3 is 4.98 Å². The van der Waals surface area contributed by atoms with Crippen molar-refractivity contribution in [2.45, 2.75) is 26.4 Å². The SMILES string of the molecule is Cc1ccc2cc(CN3CCc4[nH]ncc4C3)c(=O)[nH]c2c1. The van der Waals surface area contributed by atoms with Crippen molar-refractivity contribution in [3.63, 3.8) is 0 Å². The van der Waals surface area contributed by atoms with Gasteiger partial charge in [0.15, 0.2) is 0 Å². The van der Waals surface area contributed by atoms with Gasteiger partial charge >= 0.3 is 0 Å². The smallest absolute Gasteiger partial charge is 0.252 e. The van der Waals surface area contributed by atoms with E-state index in [1.54, 1.807) is 0 Å². The van der Waals surface area contributed by atoms with Crippen molar-refractivity contribution in [2.75, 3.05) is 6.54 Å². The summed E-state index contributed by atoms with van der Waals surface area (Å²) in [5.41, 5.74) is 5.35. The number of benzene rings is 1. The molecule has 0 radical (unpaired) electrons. The summed E-state index contributed by atoms with van der Waals surface area (Å²) in [7, 11) is 0. The van der Waals surface area contributed by atoms with Crippen LogP contribution in [-0.4, -0.2) is 26.6 Å². The second-order valence-electron chi connectivity index (χ2n) is 6.05. The maximum absolute atomic E-state index is 12.3. The maximum Gasteiger partial charge on any atom is 0.252 e. The summed E-state index contributed by atoms with van der Waals surface area (Å²) in [5.74, 6) is 0. The zero-order valence-corrected chi connectivity index (χ0v) is 12.5. The molecule has 1 aromatic carbocycles. The third-order valence-electron chi connectivity index (χ3n) is 4.35. The molecule has 2 aromatic heterocycles. The predicted molar refractivity (Wildman–Crippen MR) is 85.7 cm³/mol. The van der Waals surface area contributed by atoms with Crippen molar-refractivity contribution in [2.24, 2.45) is 0 Å². The molecule has 0 amide bonds. The monoisotopic (exact) mass is 294 g/mol. The van der Waals surface area contributed by atoms with E-state index in [0.717, 1.165) is 41.5 Å². The summed E-state index contributed by atoms with van der Waals surface area (Å²) in [6, 6.07) is 8.16. The Morgan fingerprint density at radius 2 is 2.23 bits per heavy atom. The molecule has 0 atom stereocenters. The molecule has 4 rings (SSSR count). The Morgan fingerprint density at radius 1 is 1.32 bits per heavy atom. The summed E-state index contributed by atoms with van der Waals surface area (Å²) in [6.45, 7) is 4.49. The van der Waals surface area contributed by atoms with E-state index in [0.29, 0.717) is 6.54 Å². The minimum Gasteiger partial charge on any atom is -0.322 e. The Kier molecular flexibility index (Phi) is 3.08. The average Bonchev–Trinajstić information content (AvgIpc) is 2.96. The van der Waals surface area contributed by atoms with Crippen LogP contribution in [0.25, 0.3) is 10.9 Å². The van der Waals surface area contributed by atoms with Crippen LogP contribution in [0.1, 0.15) is 22.4 Å². The van der Waals surface area contributed by atoms with Gasteiger partial charge in [0.25, 0.3) is 5.56 Å². The minimum absolute atomic E-state index is 0.0103. The molecule has 112 valence electrons. The van der Waals surface area contributed by atoms with Crippen LogP contribution in [0.2, 0.25) is 0 Å². The van der Waals surface area contributed by atoms with E-state index in [1.165, 1.54) is 11.3 Å². The van der Waals surface area contributed by atoms with Crippen molar-refractivity contribution >= 4 is 10.9 Å². The molecule has 0 spiro atoms. The number of nitrogens with one attached hydrogen (secondary N) is 2. The Bertz CT molecular complexity index is 893. The molecular weight excluding hydrogens is 276 g/mol. The number of hydrogen-bond acceptors (Lipinski definition) is 3. The molecule has 0 aliphatic carbocycles. The van der Waals surface area contributed by atoms with Gasteiger partial charge in [0.2, 0.25) is 0 Å². The van der Waals surface area contributed by atoms with Gasteiger partial charge in [-0.25, -0.2) is 0 Å². The number of pyridine rings is 1. The van der Waals surface area contributed by atoms with E-state index in [2.05, 4.69) is 32.2 Å². The van der Waals surface area contributed by atoms with Crippen LogP contribution in [0.15, 0.2) is 35.3 Å². The van der Waals surface area contributed by atoms with Gasteiger partial charge in [-0.15, -0.1) is 0 Å². The highest BCUT2D eigenvalue weighted by molar-refractivity contribution is 5.79. The first-order valence-corrected chi connectivity index (χ1v) is 7.55. The molecule has 3 aromatic rings. The Hall–Kier alpha value is -2.40. The van der Waals surface area contributed by atoms with Gasteiger partial charge in [-0.05, 0) is 30.0 Å². The summed E-state index contributed by atoms with van der Waals surface area (Å²) >= 11 is 0. The fourth-order valence-corrected chi connectivity index (χ4v) is 3.13. The van der Waals surface area contributed by atoms with E-state index in [9.17, 15) is 4.79 Å². The first-order valence-electron chi connectivity index (χ1n) is 7.55. The second-order valence-corrected chi connectivity index (χ2v) is 6.05. The third kappa shape index (κ3) is 2.33. The highest BCUT2D eigenvalue weighted by Crippen LogP contribution is 2.19. The van der Waals surface area contributed by atoms with E-state index in [4.69, 9.17) is 0 Å². The van der Waals surface area contributed by atoms with E-state index < -0.39 is 0 Å². The topological polar surface area (TPSA) is 64.8 Å². The van der Waals surface area contributed by atoms with E-state index in [-0.39, 0.29) is 5.56 Å². The zero-order valence-electron chi connectivity index (χ0n) is 12.5. The zero-order chi connectivity index (χ0) is 15.1. The van der Waals surface area contributed by atoms with Crippen LogP contribution in [0.4, 0.5) is 0 Å². The molecule has 3 heterocycles. The quantitative estimate of drug-likeness (QED) is 0.761. The van der Waals surface area contributed by atoms with Crippen LogP contribution < -0.4 is 5.56 Å². The molecule has 1 aliphatic heterocycles. The lowest BCUT2D eigenvalue weighted by molar-refractivity contribution is 0.244. The molecule has 0 bridgehead atoms. The normalized spacial score (nSPS) is 15.1. The standard InChI is InChI=1S/C17H18N4O/c1-11-2-3-12-7-13(17(22)19-16(12)6-11)9-21-5-4-15-14(10-21)8-18-20-15/h2-3,6-8H,4-5,9-10H2,1H3,(H,18,20)(H,19,22). The summed E-state index contributed by atoms with van der Waals surface area (Å²) < 4.78 is 0. The fraction of sp³-hybridized carbons (Fsp3) is 0.294. The van der Waals surface area contributed by atoms with Gasteiger partial charge in [0, 0.05) is 48.4 Å². The summed E-state index contributed by atoms with van der Waals surface area (Å²) in [6.07, 6.45) is 2.84. The second kappa shape index (κ2) is 5.10. The molecule has 0 unspecified atom stereocenters. The lowest BCUT2D eigenvalue weighted by atomic mass is 10.1. The van der Waals surface area contributed by atoms with Crippen LogP contribution in [0, 0.1) is 6.92 Å². The van der Waals surface area contributed by atoms with Crippen molar-refractivity contribution in [1.82, 2.24) is 20.1 Å². The summed E-state index contributed by atoms with van der Waals surface area (Å²) in [5, 5.41) is 8.22. The molecule has 0 saturated heterocycles. The van der Waals surface area contributed by atoms with Gasteiger partial charge in [0.05, 0.1) is 6.20 Å². The number of aromatic amines is 2. The minimum atomic E-state index is 0.0103. The summed E-state index contributed by atoms with van der Waals surface area (Å²) in [4.78, 5) is 17.6. The van der Waals surface area contributed by atoms with Crippen molar-refractivity contribution < 1.29 is 0 Å². The van der Waals surface area contributed by atoms with Crippen LogP contribution in [0.5, 0.6) is 0 Å². The van der Waals surface area contributed by atoms with Crippen LogP contribution in [-0.2, 0) is 19.5 Å². The highest BCUT2D eigenvalue weighted by atomic mass is 16.1. The predicted octanol–water partition coefficient (Wildman–Crippen LogP) is 2.12. The number of nitrogens with zero attached hydrogens (tertiary/aromatic N) is 2. The average molecular weight is 294 g/mol. The van der Waals surface area contributed by atoms with Crippen molar-refractivity contribution in [3.05, 3.63) is 63.2 Å². The van der Waals surface area contributed by atoms with Gasteiger partial charge in [0.1, 0.15) is 0 Å². The fourth-order valence-electron chi connectivity index (χ4n) is 3.13. The van der Waals surface area contributed by atoms with Crippen LogP contribution >= 0.6 is 0 Å². The lowest BCUT2D eigenvalue weighted by Crippen LogP contribution is -2.31. The number of hydrogen-bond donors (Lipinski definition) is 2. The Balaban J connectivity index is 1.63. The molecule has 5 heteroatoms. The Morgan fingerprint density at radius 3 is 3.14 bits per heavy atom. The van der Waals surface area contributed by atoms with Crippen molar-refractivity contribution in [1.29, 1.82) is 0 Å². The number of fused-ring (bicyclic) bond motifs is 2. The first kappa shape index (κ1) is 13.3. The molecule has 1 aliphatic rings. The lowest BCUT2D eigenvalue weighted by Gasteiger charge is -2.26. The number of aromatic nitrogens is 3. The Labute approximate surface area is 128 Å². The number of H-pyrrole nitrogens is 2.